The molecule has 1 atom stereocenters. The highest BCUT2D eigenvalue weighted by Crippen LogP contribution is 2.28. The fourth-order valence-corrected chi connectivity index (χ4v) is 5.65. The summed E-state index contributed by atoms with van der Waals surface area (Å²) < 4.78 is 52.4. The molecule has 1 fully saturated rings. The molecule has 1 saturated heterocycles. The summed E-state index contributed by atoms with van der Waals surface area (Å²) in [6, 6.07) is 12.7. The highest BCUT2D eigenvalue weighted by atomic mass is 32.2. The number of rotatable bonds is 5. The third kappa shape index (κ3) is 4.05. The third-order valence-electron chi connectivity index (χ3n) is 4.33. The van der Waals surface area contributed by atoms with Crippen LogP contribution in [-0.2, 0) is 31.4 Å². The molecule has 1 aliphatic rings. The molecule has 0 aromatic heterocycles. The molecule has 1 N–H and O–H groups in total. The Hall–Kier alpha value is -2.23. The fraction of sp³-hybridized carbons (Fsp3) is 0.278. The van der Waals surface area contributed by atoms with Gasteiger partial charge in [-0.1, -0.05) is 36.8 Å². The first kappa shape index (κ1) is 19.5. The van der Waals surface area contributed by atoms with Crippen LogP contribution in [0.3, 0.4) is 0 Å². The molecular formula is C18H20N2O5S2. The number of carbonyl (C=O) groups excluding carboxylic acids is 1. The van der Waals surface area contributed by atoms with E-state index in [-0.39, 0.29) is 22.9 Å². The SMILES string of the molecule is Cc1ccc(CNS(=O)(=O)c2ccc(N3C(=O)[C@H](C)CS3(=O)=O)cc2)cc1. The number of amides is 1. The molecule has 27 heavy (non-hydrogen) atoms. The minimum Gasteiger partial charge on any atom is -0.273 e. The molecule has 1 heterocycles. The van der Waals surface area contributed by atoms with Crippen molar-refractivity contribution in [1.82, 2.24) is 4.72 Å². The van der Waals surface area contributed by atoms with Gasteiger partial charge in [-0.2, -0.15) is 0 Å². The molecule has 9 heteroatoms. The normalized spacial score (nSPS) is 19.4. The lowest BCUT2D eigenvalue weighted by Crippen LogP contribution is -2.30. The lowest BCUT2D eigenvalue weighted by Gasteiger charge is -2.15. The number of benzene rings is 2. The highest BCUT2D eigenvalue weighted by Gasteiger charge is 2.41. The fourth-order valence-electron chi connectivity index (χ4n) is 2.82. The maximum Gasteiger partial charge on any atom is 0.244 e. The van der Waals surface area contributed by atoms with Crippen LogP contribution >= 0.6 is 0 Å². The summed E-state index contributed by atoms with van der Waals surface area (Å²) in [5.74, 6) is -1.37. The van der Waals surface area contributed by atoms with E-state index in [4.69, 9.17) is 0 Å². The quantitative estimate of drug-likeness (QED) is 0.813. The van der Waals surface area contributed by atoms with Gasteiger partial charge in [0.15, 0.2) is 0 Å². The molecule has 144 valence electrons. The van der Waals surface area contributed by atoms with Crippen LogP contribution < -0.4 is 9.03 Å². The Morgan fingerprint density at radius 1 is 1.07 bits per heavy atom. The van der Waals surface area contributed by atoms with Gasteiger partial charge >= 0.3 is 0 Å². The summed E-state index contributed by atoms with van der Waals surface area (Å²) >= 11 is 0. The Labute approximate surface area is 159 Å². The number of hydrogen-bond acceptors (Lipinski definition) is 5. The van der Waals surface area contributed by atoms with E-state index < -0.39 is 31.9 Å². The van der Waals surface area contributed by atoms with Crippen LogP contribution in [0.25, 0.3) is 0 Å². The second kappa shape index (κ2) is 7.06. The van der Waals surface area contributed by atoms with Gasteiger partial charge in [-0.3, -0.25) is 4.79 Å². The number of nitrogens with one attached hydrogen (secondary N) is 1. The maximum absolute atomic E-state index is 12.4. The standard InChI is InChI=1S/C18H20N2O5S2/c1-13-3-5-15(6-4-13)11-19-27(24,25)17-9-7-16(8-10-17)20-18(21)14(2)12-26(20,22)23/h3-10,14,19H,11-12H2,1-2H3/t14-/m1/s1. The molecule has 0 saturated carbocycles. The van der Waals surface area contributed by atoms with E-state index in [0.29, 0.717) is 0 Å². The Kier molecular flexibility index (Phi) is 5.11. The van der Waals surface area contributed by atoms with Gasteiger partial charge in [0.25, 0.3) is 0 Å². The van der Waals surface area contributed by atoms with Gasteiger partial charge in [0.1, 0.15) is 0 Å². The van der Waals surface area contributed by atoms with Crippen LogP contribution in [0.4, 0.5) is 5.69 Å². The predicted octanol–water partition coefficient (Wildman–Crippen LogP) is 1.79. The van der Waals surface area contributed by atoms with Crippen molar-refractivity contribution in [3.05, 3.63) is 59.7 Å². The number of sulfonamides is 2. The summed E-state index contributed by atoms with van der Waals surface area (Å²) in [6.45, 7) is 3.64. The number of aryl methyl sites for hydroxylation is 1. The summed E-state index contributed by atoms with van der Waals surface area (Å²) in [4.78, 5) is 12.1. The molecule has 0 spiro atoms. The number of nitrogens with zero attached hydrogens (tertiary/aromatic N) is 1. The molecule has 2 aromatic carbocycles. The smallest absolute Gasteiger partial charge is 0.244 e. The van der Waals surface area contributed by atoms with E-state index in [2.05, 4.69) is 4.72 Å². The molecule has 3 rings (SSSR count). The molecule has 7 nitrogen and oxygen atoms in total. The molecule has 0 unspecified atom stereocenters. The molecule has 0 bridgehead atoms. The van der Waals surface area contributed by atoms with Crippen LogP contribution in [0.2, 0.25) is 0 Å². The molecule has 0 aliphatic carbocycles. The van der Waals surface area contributed by atoms with Crippen molar-refractivity contribution >= 4 is 31.6 Å². The van der Waals surface area contributed by atoms with Crippen LogP contribution in [0, 0.1) is 12.8 Å². The molecular weight excluding hydrogens is 388 g/mol. The van der Waals surface area contributed by atoms with Crippen molar-refractivity contribution in [3.63, 3.8) is 0 Å². The zero-order valence-electron chi connectivity index (χ0n) is 14.9. The molecule has 0 radical (unpaired) electrons. The average molecular weight is 409 g/mol. The number of carbonyl (C=O) groups is 1. The van der Waals surface area contributed by atoms with Crippen LogP contribution in [0.15, 0.2) is 53.4 Å². The Balaban J connectivity index is 1.78. The van der Waals surface area contributed by atoms with Gasteiger partial charge in [-0.15, -0.1) is 0 Å². The summed E-state index contributed by atoms with van der Waals surface area (Å²) in [6.07, 6.45) is 0. The van der Waals surface area contributed by atoms with Crippen molar-refractivity contribution < 1.29 is 21.6 Å². The lowest BCUT2D eigenvalue weighted by molar-refractivity contribution is -0.119. The zero-order valence-corrected chi connectivity index (χ0v) is 16.5. The summed E-state index contributed by atoms with van der Waals surface area (Å²) in [5.41, 5.74) is 2.04. The second-order valence-electron chi connectivity index (χ2n) is 6.59. The minimum absolute atomic E-state index is 0.00421. The van der Waals surface area contributed by atoms with Crippen molar-refractivity contribution in [2.24, 2.45) is 5.92 Å². The van der Waals surface area contributed by atoms with Crippen molar-refractivity contribution in [1.29, 1.82) is 0 Å². The Morgan fingerprint density at radius 3 is 2.19 bits per heavy atom. The monoisotopic (exact) mass is 408 g/mol. The average Bonchev–Trinajstić information content (AvgIpc) is 2.82. The van der Waals surface area contributed by atoms with Gasteiger partial charge in [0.2, 0.25) is 26.0 Å². The first-order valence-corrected chi connectivity index (χ1v) is 11.4. The van der Waals surface area contributed by atoms with E-state index in [9.17, 15) is 21.6 Å². The third-order valence-corrected chi connectivity index (χ3v) is 7.61. The molecule has 1 amide bonds. The van der Waals surface area contributed by atoms with Gasteiger partial charge < -0.3 is 0 Å². The first-order chi connectivity index (χ1) is 12.6. The van der Waals surface area contributed by atoms with Crippen LogP contribution in [-0.4, -0.2) is 28.5 Å². The van der Waals surface area contributed by atoms with Crippen LogP contribution in [0.1, 0.15) is 18.1 Å². The Bertz CT molecular complexity index is 1060. The Morgan fingerprint density at radius 2 is 1.67 bits per heavy atom. The van der Waals surface area contributed by atoms with Gasteiger partial charge in [-0.25, -0.2) is 25.9 Å². The van der Waals surface area contributed by atoms with Crippen LogP contribution in [0.5, 0.6) is 0 Å². The topological polar surface area (TPSA) is 101 Å². The van der Waals surface area contributed by atoms with E-state index in [0.717, 1.165) is 15.4 Å². The van der Waals surface area contributed by atoms with Gasteiger partial charge in [0.05, 0.1) is 22.3 Å². The highest BCUT2D eigenvalue weighted by molar-refractivity contribution is 7.94. The predicted molar refractivity (Wildman–Crippen MR) is 102 cm³/mol. The molecule has 1 aliphatic heterocycles. The van der Waals surface area contributed by atoms with E-state index in [1.807, 2.05) is 31.2 Å². The van der Waals surface area contributed by atoms with E-state index >= 15 is 0 Å². The summed E-state index contributed by atoms with van der Waals surface area (Å²) in [5, 5.41) is 0. The molecule has 2 aromatic rings. The van der Waals surface area contributed by atoms with E-state index in [1.54, 1.807) is 6.92 Å². The number of anilines is 1. The summed E-state index contributed by atoms with van der Waals surface area (Å²) in [7, 11) is -7.48. The minimum atomic E-state index is -3.76. The maximum atomic E-state index is 12.4. The van der Waals surface area contributed by atoms with Gasteiger partial charge in [-0.05, 0) is 36.8 Å². The number of hydrogen-bond donors (Lipinski definition) is 1. The first-order valence-electron chi connectivity index (χ1n) is 8.32. The van der Waals surface area contributed by atoms with Crippen molar-refractivity contribution in [2.45, 2.75) is 25.3 Å². The van der Waals surface area contributed by atoms with Crippen molar-refractivity contribution in [2.75, 3.05) is 10.1 Å². The largest absolute Gasteiger partial charge is 0.273 e. The van der Waals surface area contributed by atoms with Crippen molar-refractivity contribution in [3.8, 4) is 0 Å². The van der Waals surface area contributed by atoms with E-state index in [1.165, 1.54) is 24.3 Å². The zero-order chi connectivity index (χ0) is 19.8. The second-order valence-corrected chi connectivity index (χ2v) is 10.2. The lowest BCUT2D eigenvalue weighted by atomic mass is 10.2. The van der Waals surface area contributed by atoms with Gasteiger partial charge in [0, 0.05) is 6.54 Å².